The lowest BCUT2D eigenvalue weighted by Gasteiger charge is -2.28. The quantitative estimate of drug-likeness (QED) is 0.630. The van der Waals surface area contributed by atoms with Crippen molar-refractivity contribution in [3.05, 3.63) is 41.6 Å². The molecule has 6 heteroatoms. The molecule has 1 amide bonds. The van der Waals surface area contributed by atoms with Gasteiger partial charge in [0, 0.05) is 12.5 Å². The summed E-state index contributed by atoms with van der Waals surface area (Å²) in [5.41, 5.74) is 5.37. The van der Waals surface area contributed by atoms with Gasteiger partial charge in [0.05, 0.1) is 6.61 Å². The molecule has 22 heavy (non-hydrogen) atoms. The molecule has 120 valence electrons. The van der Waals surface area contributed by atoms with Crippen LogP contribution in [-0.2, 0) is 16.1 Å². The van der Waals surface area contributed by atoms with Gasteiger partial charge in [-0.05, 0) is 25.8 Å². The van der Waals surface area contributed by atoms with Gasteiger partial charge in [0.1, 0.15) is 17.2 Å². The fourth-order valence-electron chi connectivity index (χ4n) is 2.22. The third-order valence-electron chi connectivity index (χ3n) is 3.18. The Morgan fingerprint density at radius 2 is 2.05 bits per heavy atom. The molecule has 4 N–H and O–H groups in total. The highest BCUT2D eigenvalue weighted by Crippen LogP contribution is 2.23. The molecule has 1 aromatic carbocycles. The molecule has 0 radical (unpaired) electrons. The number of rotatable bonds is 8. The Labute approximate surface area is 130 Å². The van der Waals surface area contributed by atoms with Crippen LogP contribution >= 0.6 is 0 Å². The molecule has 0 aliphatic rings. The van der Waals surface area contributed by atoms with Crippen LogP contribution in [-0.4, -0.2) is 29.3 Å². The molecule has 0 fully saturated rings. The molecule has 6 nitrogen and oxygen atoms in total. The second-order valence-corrected chi connectivity index (χ2v) is 5.62. The third kappa shape index (κ3) is 5.99. The number of ether oxygens (including phenoxy) is 1. The van der Waals surface area contributed by atoms with Gasteiger partial charge < -0.3 is 20.9 Å². The molecule has 0 bridgehead atoms. The third-order valence-corrected chi connectivity index (χ3v) is 3.18. The zero-order valence-electron chi connectivity index (χ0n) is 12.8. The van der Waals surface area contributed by atoms with Crippen molar-refractivity contribution in [3.63, 3.8) is 0 Å². The summed E-state index contributed by atoms with van der Waals surface area (Å²) >= 11 is 0. The zero-order chi connectivity index (χ0) is 16.6. The van der Waals surface area contributed by atoms with E-state index in [9.17, 15) is 14.7 Å². The van der Waals surface area contributed by atoms with Crippen molar-refractivity contribution in [2.45, 2.75) is 32.4 Å². The lowest BCUT2D eigenvalue weighted by Crippen LogP contribution is -2.36. The van der Waals surface area contributed by atoms with Crippen LogP contribution in [0.1, 0.15) is 25.8 Å². The Morgan fingerprint density at radius 3 is 2.55 bits per heavy atom. The van der Waals surface area contributed by atoms with Crippen molar-refractivity contribution in [1.29, 1.82) is 0 Å². The molecule has 1 aromatic rings. The molecule has 0 heterocycles. The van der Waals surface area contributed by atoms with E-state index in [1.165, 1.54) is 0 Å². The molecule has 1 unspecified atom stereocenters. The highest BCUT2D eigenvalue weighted by atomic mass is 16.6. The summed E-state index contributed by atoms with van der Waals surface area (Å²) in [6.07, 6.45) is -0.644. The van der Waals surface area contributed by atoms with E-state index < -0.39 is 17.6 Å². The predicted molar refractivity (Wildman–Crippen MR) is 82.4 cm³/mol. The Kier molecular flexibility index (Phi) is 6.63. The first-order valence-corrected chi connectivity index (χ1v) is 7.00. The minimum Gasteiger partial charge on any atom is -0.444 e. The molecular formula is C16H22N2O4. The van der Waals surface area contributed by atoms with Gasteiger partial charge in [-0.2, -0.15) is 0 Å². The van der Waals surface area contributed by atoms with Gasteiger partial charge in [0.2, 0.25) is 0 Å². The van der Waals surface area contributed by atoms with Gasteiger partial charge in [-0.15, -0.1) is 0 Å². The average Bonchev–Trinajstić information content (AvgIpc) is 2.46. The van der Waals surface area contributed by atoms with Crippen LogP contribution < -0.4 is 11.1 Å². The number of primary amides is 1. The molecule has 0 aromatic heterocycles. The highest BCUT2D eigenvalue weighted by molar-refractivity contribution is 5.65. The molecule has 1 rings (SSSR count). The lowest BCUT2D eigenvalue weighted by atomic mass is 9.91. The number of carbonyl (C=O) groups is 1. The second-order valence-electron chi connectivity index (χ2n) is 5.62. The Balaban J connectivity index is 2.70. The number of nitrogens with two attached hydrogens (primary N) is 1. The minimum absolute atomic E-state index is 0.243. The van der Waals surface area contributed by atoms with Gasteiger partial charge >= 0.3 is 6.09 Å². The first-order chi connectivity index (χ1) is 10.4. The summed E-state index contributed by atoms with van der Waals surface area (Å²) in [7, 11) is 0. The highest BCUT2D eigenvalue weighted by Gasteiger charge is 2.29. The number of amides is 1. The van der Waals surface area contributed by atoms with E-state index in [-0.39, 0.29) is 18.7 Å². The van der Waals surface area contributed by atoms with Gasteiger partial charge in [-0.25, -0.2) is 9.59 Å². The van der Waals surface area contributed by atoms with Crippen molar-refractivity contribution in [2.75, 3.05) is 6.61 Å². The molecular weight excluding hydrogens is 284 g/mol. The van der Waals surface area contributed by atoms with E-state index in [2.05, 4.69) is 5.32 Å². The SMILES string of the molecule is CC(C)(CC(CO)C(=C=O)NCc1ccccc1)OC(N)=O. The first kappa shape index (κ1) is 17.8. The number of hydrogen-bond acceptors (Lipinski definition) is 5. The Morgan fingerprint density at radius 1 is 1.41 bits per heavy atom. The lowest BCUT2D eigenvalue weighted by molar-refractivity contribution is 0.0228. The Hall–Kier alpha value is -2.30. The Bertz CT molecular complexity index is 536. The number of hydrogen-bond donors (Lipinski definition) is 3. The smallest absolute Gasteiger partial charge is 0.405 e. The topological polar surface area (TPSA) is 102 Å². The number of aliphatic hydroxyl groups is 1. The van der Waals surface area contributed by atoms with Gasteiger partial charge in [0.15, 0.2) is 0 Å². The van der Waals surface area contributed by atoms with Crippen LogP contribution in [0.4, 0.5) is 4.79 Å². The molecule has 0 saturated carbocycles. The van der Waals surface area contributed by atoms with E-state index >= 15 is 0 Å². The molecule has 0 spiro atoms. The van der Waals surface area contributed by atoms with Crippen LogP contribution in [0.2, 0.25) is 0 Å². The minimum atomic E-state index is -0.893. The van der Waals surface area contributed by atoms with Crippen molar-refractivity contribution < 1.29 is 19.4 Å². The van der Waals surface area contributed by atoms with E-state index in [0.29, 0.717) is 6.54 Å². The normalized spacial score (nSPS) is 12.1. The largest absolute Gasteiger partial charge is 0.444 e. The summed E-state index contributed by atoms with van der Waals surface area (Å²) in [5.74, 6) is 1.31. The zero-order valence-corrected chi connectivity index (χ0v) is 12.8. The first-order valence-electron chi connectivity index (χ1n) is 7.00. The van der Waals surface area contributed by atoms with Gasteiger partial charge in [-0.1, -0.05) is 30.3 Å². The predicted octanol–water partition coefficient (Wildman–Crippen LogP) is 1.36. The van der Waals surface area contributed by atoms with E-state index in [1.54, 1.807) is 13.8 Å². The maximum Gasteiger partial charge on any atom is 0.405 e. The fraction of sp³-hybridized carbons (Fsp3) is 0.438. The van der Waals surface area contributed by atoms with Crippen LogP contribution in [0.3, 0.4) is 0 Å². The summed E-state index contributed by atoms with van der Waals surface area (Å²) < 4.78 is 4.98. The maximum atomic E-state index is 11.2. The standard InChI is InChI=1S/C16H22N2O4/c1-16(2,22-15(17)21)8-13(10-19)14(11-20)18-9-12-6-4-3-5-7-12/h3-7,13,18-19H,8-10H2,1-2H3,(H2,17,21). The molecule has 1 atom stereocenters. The van der Waals surface area contributed by atoms with Crippen LogP contribution in [0, 0.1) is 5.92 Å². The fourth-order valence-corrected chi connectivity index (χ4v) is 2.22. The summed E-state index contributed by atoms with van der Waals surface area (Å²) in [4.78, 5) is 22.0. The number of nitrogens with one attached hydrogen (secondary N) is 1. The summed E-state index contributed by atoms with van der Waals surface area (Å²) in [6, 6.07) is 9.54. The van der Waals surface area contributed by atoms with Crippen molar-refractivity contribution in [1.82, 2.24) is 5.32 Å². The van der Waals surface area contributed by atoms with E-state index in [0.717, 1.165) is 5.56 Å². The molecule has 0 aliphatic heterocycles. The maximum absolute atomic E-state index is 11.2. The van der Waals surface area contributed by atoms with E-state index in [1.807, 2.05) is 36.3 Å². The molecule has 0 aliphatic carbocycles. The van der Waals surface area contributed by atoms with Crippen LogP contribution in [0.5, 0.6) is 0 Å². The van der Waals surface area contributed by atoms with Crippen molar-refractivity contribution in [2.24, 2.45) is 11.7 Å². The van der Waals surface area contributed by atoms with Crippen molar-refractivity contribution in [3.8, 4) is 0 Å². The van der Waals surface area contributed by atoms with Gasteiger partial charge in [-0.3, -0.25) is 0 Å². The molecule has 0 saturated heterocycles. The number of carbonyl (C=O) groups excluding carboxylic acids is 2. The summed E-state index contributed by atoms with van der Waals surface area (Å²) in [6.45, 7) is 3.51. The number of benzene rings is 1. The van der Waals surface area contributed by atoms with Crippen molar-refractivity contribution >= 4 is 12.0 Å². The van der Waals surface area contributed by atoms with Crippen LogP contribution in [0.15, 0.2) is 36.0 Å². The van der Waals surface area contributed by atoms with Gasteiger partial charge in [0.25, 0.3) is 0 Å². The average molecular weight is 306 g/mol. The number of aliphatic hydroxyl groups excluding tert-OH is 1. The van der Waals surface area contributed by atoms with Crippen LogP contribution in [0.25, 0.3) is 0 Å². The second kappa shape index (κ2) is 8.22. The van der Waals surface area contributed by atoms with E-state index in [4.69, 9.17) is 10.5 Å². The summed E-state index contributed by atoms with van der Waals surface area (Å²) in [5, 5.41) is 12.5. The monoisotopic (exact) mass is 306 g/mol.